The van der Waals surface area contributed by atoms with Crippen molar-refractivity contribution < 1.29 is 13.9 Å². The van der Waals surface area contributed by atoms with Crippen LogP contribution in [0.25, 0.3) is 11.1 Å². The molecule has 0 amide bonds. The van der Waals surface area contributed by atoms with E-state index in [4.69, 9.17) is 13.9 Å². The Bertz CT molecular complexity index is 1080. The molecule has 3 heterocycles. The summed E-state index contributed by atoms with van der Waals surface area (Å²) in [5.74, 6) is 1.01. The van der Waals surface area contributed by atoms with Gasteiger partial charge in [0.1, 0.15) is 5.75 Å². The van der Waals surface area contributed by atoms with Crippen molar-refractivity contribution >= 4 is 11.1 Å². The monoisotopic (exact) mass is 451 g/mol. The molecule has 1 N–H and O–H groups in total. The predicted octanol–water partition coefficient (Wildman–Crippen LogP) is 3.60. The summed E-state index contributed by atoms with van der Waals surface area (Å²) in [7, 11) is 0. The number of H-pyrrole nitrogens is 1. The van der Waals surface area contributed by atoms with Crippen molar-refractivity contribution in [1.82, 2.24) is 14.8 Å². The zero-order valence-electron chi connectivity index (χ0n) is 19.1. The predicted molar refractivity (Wildman–Crippen MR) is 128 cm³/mol. The highest BCUT2D eigenvalue weighted by Crippen LogP contribution is 2.32. The Morgan fingerprint density at radius 2 is 1.76 bits per heavy atom. The lowest BCUT2D eigenvalue weighted by Crippen LogP contribution is -2.35. The van der Waals surface area contributed by atoms with E-state index >= 15 is 0 Å². The molecule has 0 atom stereocenters. The fourth-order valence-corrected chi connectivity index (χ4v) is 4.97. The van der Waals surface area contributed by atoms with Crippen LogP contribution < -0.4 is 10.5 Å². The maximum atomic E-state index is 11.6. The number of oxazole rings is 1. The van der Waals surface area contributed by atoms with Gasteiger partial charge in [0.05, 0.1) is 25.3 Å². The van der Waals surface area contributed by atoms with Gasteiger partial charge in [0.25, 0.3) is 0 Å². The summed E-state index contributed by atoms with van der Waals surface area (Å²) in [4.78, 5) is 19.3. The summed E-state index contributed by atoms with van der Waals surface area (Å²) in [5.41, 5.74) is 4.00. The third kappa shape index (κ3) is 5.66. The Morgan fingerprint density at radius 1 is 0.970 bits per heavy atom. The van der Waals surface area contributed by atoms with Crippen LogP contribution in [0.5, 0.6) is 5.75 Å². The largest absolute Gasteiger partial charge is 0.494 e. The fraction of sp³-hybridized carbons (Fsp3) is 0.500. The maximum Gasteiger partial charge on any atom is 0.417 e. The molecule has 0 radical (unpaired) electrons. The van der Waals surface area contributed by atoms with Gasteiger partial charge in [0.2, 0.25) is 0 Å². The van der Waals surface area contributed by atoms with E-state index < -0.39 is 0 Å². The van der Waals surface area contributed by atoms with Gasteiger partial charge in [-0.1, -0.05) is 24.3 Å². The number of nitrogens with one attached hydrogen (secondary N) is 1. The number of ether oxygens (including phenoxy) is 2. The van der Waals surface area contributed by atoms with Gasteiger partial charge in [-0.3, -0.25) is 9.88 Å². The molecule has 0 spiro atoms. The van der Waals surface area contributed by atoms with E-state index in [9.17, 15) is 4.79 Å². The lowest BCUT2D eigenvalue weighted by atomic mass is 9.89. The number of aromatic amines is 1. The molecule has 0 aliphatic carbocycles. The first kappa shape index (κ1) is 22.2. The summed E-state index contributed by atoms with van der Waals surface area (Å²) in [6.45, 7) is 8.56. The van der Waals surface area contributed by atoms with Crippen LogP contribution in [0.4, 0.5) is 0 Å². The van der Waals surface area contributed by atoms with Crippen molar-refractivity contribution in [2.45, 2.75) is 31.7 Å². The third-order valence-electron chi connectivity index (χ3n) is 6.83. The normalized spacial score (nSPS) is 18.7. The summed E-state index contributed by atoms with van der Waals surface area (Å²) in [5, 5.41) is 0. The van der Waals surface area contributed by atoms with Crippen LogP contribution in [0, 0.1) is 0 Å². The molecule has 2 aliphatic rings. The number of nitrogens with zero attached hydrogens (tertiary/aromatic N) is 2. The number of para-hydroxylation sites is 1. The number of aromatic nitrogens is 1. The Hall–Kier alpha value is -2.61. The lowest BCUT2D eigenvalue weighted by molar-refractivity contribution is 0.0342. The molecule has 0 bridgehead atoms. The molecule has 0 unspecified atom stereocenters. The Labute approximate surface area is 194 Å². The second-order valence-electron chi connectivity index (χ2n) is 9.09. The van der Waals surface area contributed by atoms with Crippen molar-refractivity contribution in [3.05, 3.63) is 64.1 Å². The SMILES string of the molecule is O=c1[nH]c2cccc(C3CCN(CCCOc4ccc(CN5CCOCC5)cc4)CC3)c2o1. The van der Waals surface area contributed by atoms with Crippen LogP contribution in [-0.2, 0) is 11.3 Å². The second-order valence-corrected chi connectivity index (χ2v) is 9.09. The number of hydrogen-bond acceptors (Lipinski definition) is 6. The van der Waals surface area contributed by atoms with Gasteiger partial charge in [-0.2, -0.15) is 0 Å². The van der Waals surface area contributed by atoms with Gasteiger partial charge >= 0.3 is 5.76 Å². The minimum Gasteiger partial charge on any atom is -0.494 e. The lowest BCUT2D eigenvalue weighted by Gasteiger charge is -2.32. The summed E-state index contributed by atoms with van der Waals surface area (Å²) in [6.07, 6.45) is 3.18. The molecule has 176 valence electrons. The number of likely N-dealkylation sites (tertiary alicyclic amines) is 1. The van der Waals surface area contributed by atoms with Crippen LogP contribution in [0.2, 0.25) is 0 Å². The molecule has 2 fully saturated rings. The van der Waals surface area contributed by atoms with Crippen LogP contribution in [0.1, 0.15) is 36.3 Å². The van der Waals surface area contributed by atoms with E-state index in [1.807, 2.05) is 12.1 Å². The first-order chi connectivity index (χ1) is 16.2. The highest BCUT2D eigenvalue weighted by Gasteiger charge is 2.23. The van der Waals surface area contributed by atoms with Gasteiger partial charge in [-0.25, -0.2) is 4.79 Å². The van der Waals surface area contributed by atoms with Gasteiger partial charge in [0, 0.05) is 31.7 Å². The molecule has 3 aromatic rings. The number of rotatable bonds is 8. The zero-order chi connectivity index (χ0) is 22.5. The minimum absolute atomic E-state index is 0.373. The fourth-order valence-electron chi connectivity index (χ4n) is 4.97. The quantitative estimate of drug-likeness (QED) is 0.528. The van der Waals surface area contributed by atoms with Crippen LogP contribution in [-0.4, -0.2) is 67.3 Å². The Balaban J connectivity index is 1.02. The van der Waals surface area contributed by atoms with Crippen molar-refractivity contribution in [3.63, 3.8) is 0 Å². The van der Waals surface area contributed by atoms with Crippen LogP contribution in [0.15, 0.2) is 51.7 Å². The van der Waals surface area contributed by atoms with E-state index in [1.54, 1.807) is 0 Å². The number of benzene rings is 2. The van der Waals surface area contributed by atoms with Gasteiger partial charge in [0.15, 0.2) is 5.58 Å². The molecule has 2 saturated heterocycles. The highest BCUT2D eigenvalue weighted by atomic mass is 16.5. The first-order valence-corrected chi connectivity index (χ1v) is 12.1. The molecule has 7 heteroatoms. The van der Waals surface area contributed by atoms with Gasteiger partial charge in [-0.05, 0) is 62.0 Å². The number of piperidine rings is 1. The highest BCUT2D eigenvalue weighted by molar-refractivity contribution is 5.76. The molecule has 7 nitrogen and oxygen atoms in total. The summed E-state index contributed by atoms with van der Waals surface area (Å²) < 4.78 is 16.8. The smallest absolute Gasteiger partial charge is 0.417 e. The average Bonchev–Trinajstić information content (AvgIpc) is 3.24. The van der Waals surface area contributed by atoms with E-state index in [0.717, 1.165) is 101 Å². The molecule has 1 aromatic heterocycles. The van der Waals surface area contributed by atoms with E-state index in [-0.39, 0.29) is 5.76 Å². The van der Waals surface area contributed by atoms with Crippen molar-refractivity contribution in [2.24, 2.45) is 0 Å². The standard InChI is InChI=1S/C26H33N3O4/c30-26-27-24-4-1-3-23(25(24)33-26)21-9-12-28(13-10-21)11-2-16-32-22-7-5-20(6-8-22)19-29-14-17-31-18-15-29/h1,3-8,21H,2,9-19H2,(H,27,30). The van der Waals surface area contributed by atoms with E-state index in [2.05, 4.69) is 45.1 Å². The van der Waals surface area contributed by atoms with Crippen LogP contribution >= 0.6 is 0 Å². The second kappa shape index (κ2) is 10.5. The topological polar surface area (TPSA) is 70.9 Å². The van der Waals surface area contributed by atoms with Crippen molar-refractivity contribution in [3.8, 4) is 5.75 Å². The zero-order valence-corrected chi connectivity index (χ0v) is 19.1. The first-order valence-electron chi connectivity index (χ1n) is 12.1. The molecule has 2 aromatic carbocycles. The molecular formula is C26H33N3O4. The molecule has 5 rings (SSSR count). The van der Waals surface area contributed by atoms with Crippen molar-refractivity contribution in [2.75, 3.05) is 52.5 Å². The van der Waals surface area contributed by atoms with E-state index in [0.29, 0.717) is 5.92 Å². The van der Waals surface area contributed by atoms with Gasteiger partial charge in [-0.15, -0.1) is 0 Å². The van der Waals surface area contributed by atoms with Crippen LogP contribution in [0.3, 0.4) is 0 Å². The molecule has 33 heavy (non-hydrogen) atoms. The molecule has 2 aliphatic heterocycles. The Kier molecular flexibility index (Phi) is 7.09. The van der Waals surface area contributed by atoms with Crippen molar-refractivity contribution in [1.29, 1.82) is 0 Å². The minimum atomic E-state index is -0.373. The third-order valence-corrected chi connectivity index (χ3v) is 6.83. The summed E-state index contributed by atoms with van der Waals surface area (Å²) in [6, 6.07) is 14.5. The molecule has 0 saturated carbocycles. The van der Waals surface area contributed by atoms with Gasteiger partial charge < -0.3 is 18.8 Å². The summed E-state index contributed by atoms with van der Waals surface area (Å²) >= 11 is 0. The Morgan fingerprint density at radius 3 is 2.55 bits per heavy atom. The number of morpholine rings is 1. The molecular weight excluding hydrogens is 418 g/mol. The average molecular weight is 452 g/mol. The number of hydrogen-bond donors (Lipinski definition) is 1. The maximum absolute atomic E-state index is 11.6. The number of fused-ring (bicyclic) bond motifs is 1. The van der Waals surface area contributed by atoms with E-state index in [1.165, 1.54) is 5.56 Å².